The number of hydrogen-bond donors (Lipinski definition) is 1. The Morgan fingerprint density at radius 2 is 1.89 bits per heavy atom. The molecule has 2 aromatic carbocycles. The van der Waals surface area contributed by atoms with Gasteiger partial charge in [0.25, 0.3) is 0 Å². The number of aromatic nitrogens is 1. The summed E-state index contributed by atoms with van der Waals surface area (Å²) >= 11 is 12.0. The molecule has 0 aliphatic heterocycles. The molecule has 0 saturated carbocycles. The van der Waals surface area contributed by atoms with Gasteiger partial charge in [0.05, 0.1) is 11.6 Å². The SMILES string of the molecule is Clc1cc(Cl)c2oc(CNc3ccccc3)nc2c1. The van der Waals surface area contributed by atoms with Crippen LogP contribution in [0.25, 0.3) is 11.1 Å². The number of rotatable bonds is 3. The van der Waals surface area contributed by atoms with Crippen molar-refractivity contribution in [2.24, 2.45) is 0 Å². The Hall–Kier alpha value is -1.71. The van der Waals surface area contributed by atoms with Gasteiger partial charge in [0.2, 0.25) is 5.89 Å². The van der Waals surface area contributed by atoms with E-state index < -0.39 is 0 Å². The molecular formula is C14H10Cl2N2O. The van der Waals surface area contributed by atoms with Crippen LogP contribution in [0.15, 0.2) is 46.9 Å². The zero-order valence-corrected chi connectivity index (χ0v) is 11.4. The van der Waals surface area contributed by atoms with Crippen LogP contribution in [-0.2, 0) is 6.54 Å². The van der Waals surface area contributed by atoms with Gasteiger partial charge in [0, 0.05) is 10.7 Å². The molecule has 3 aromatic rings. The fourth-order valence-electron chi connectivity index (χ4n) is 1.82. The van der Waals surface area contributed by atoms with Gasteiger partial charge in [-0.25, -0.2) is 4.98 Å². The molecule has 3 nitrogen and oxygen atoms in total. The van der Waals surface area contributed by atoms with Crippen LogP contribution in [0.5, 0.6) is 0 Å². The van der Waals surface area contributed by atoms with E-state index in [-0.39, 0.29) is 0 Å². The van der Waals surface area contributed by atoms with E-state index >= 15 is 0 Å². The van der Waals surface area contributed by atoms with Gasteiger partial charge in [-0.1, -0.05) is 41.4 Å². The molecule has 0 amide bonds. The molecule has 0 atom stereocenters. The van der Waals surface area contributed by atoms with Crippen molar-refractivity contribution in [1.82, 2.24) is 4.98 Å². The number of fused-ring (bicyclic) bond motifs is 1. The van der Waals surface area contributed by atoms with E-state index in [0.717, 1.165) is 5.69 Å². The van der Waals surface area contributed by atoms with Crippen molar-refractivity contribution in [2.75, 3.05) is 5.32 Å². The third kappa shape index (κ3) is 2.67. The average Bonchev–Trinajstić information content (AvgIpc) is 2.81. The zero-order valence-electron chi connectivity index (χ0n) is 9.86. The zero-order chi connectivity index (χ0) is 13.2. The van der Waals surface area contributed by atoms with E-state index in [2.05, 4.69) is 10.3 Å². The summed E-state index contributed by atoms with van der Waals surface area (Å²) in [6, 6.07) is 13.2. The average molecular weight is 293 g/mol. The van der Waals surface area contributed by atoms with Crippen LogP contribution in [0.3, 0.4) is 0 Å². The largest absolute Gasteiger partial charge is 0.437 e. The molecule has 0 saturated heterocycles. The van der Waals surface area contributed by atoms with Crippen LogP contribution in [0.4, 0.5) is 5.69 Å². The lowest BCUT2D eigenvalue weighted by atomic mass is 10.3. The molecule has 1 aromatic heterocycles. The Balaban J connectivity index is 1.84. The Kier molecular flexibility index (Phi) is 3.32. The van der Waals surface area contributed by atoms with Crippen molar-refractivity contribution >= 4 is 40.0 Å². The van der Waals surface area contributed by atoms with E-state index in [9.17, 15) is 0 Å². The Morgan fingerprint density at radius 1 is 1.11 bits per heavy atom. The van der Waals surface area contributed by atoms with E-state index in [1.165, 1.54) is 0 Å². The molecule has 19 heavy (non-hydrogen) atoms. The summed E-state index contributed by atoms with van der Waals surface area (Å²) in [7, 11) is 0. The van der Waals surface area contributed by atoms with Gasteiger partial charge in [0.1, 0.15) is 5.52 Å². The van der Waals surface area contributed by atoms with Crippen LogP contribution in [0.2, 0.25) is 10.0 Å². The summed E-state index contributed by atoms with van der Waals surface area (Å²) in [6.07, 6.45) is 0. The maximum absolute atomic E-state index is 6.05. The molecule has 0 radical (unpaired) electrons. The summed E-state index contributed by atoms with van der Waals surface area (Å²) in [5.74, 6) is 0.572. The monoisotopic (exact) mass is 292 g/mol. The molecule has 0 spiro atoms. The molecular weight excluding hydrogens is 283 g/mol. The minimum Gasteiger partial charge on any atom is -0.437 e. The lowest BCUT2D eigenvalue weighted by Gasteiger charge is -2.01. The first-order chi connectivity index (χ1) is 9.22. The maximum Gasteiger partial charge on any atom is 0.214 e. The standard InChI is InChI=1S/C14H10Cl2N2O/c15-9-6-11(16)14-12(7-9)18-13(19-14)8-17-10-4-2-1-3-5-10/h1-7,17H,8H2. The van der Waals surface area contributed by atoms with E-state index in [1.54, 1.807) is 12.1 Å². The Morgan fingerprint density at radius 3 is 2.68 bits per heavy atom. The second-order valence-corrected chi connectivity index (χ2v) is 4.91. The third-order valence-electron chi connectivity index (χ3n) is 2.67. The molecule has 0 bridgehead atoms. The summed E-state index contributed by atoms with van der Waals surface area (Å²) in [5.41, 5.74) is 2.24. The van der Waals surface area contributed by atoms with E-state index in [0.29, 0.717) is 33.6 Å². The molecule has 0 aliphatic rings. The second-order valence-electron chi connectivity index (χ2n) is 4.06. The van der Waals surface area contributed by atoms with Crippen molar-refractivity contribution in [1.29, 1.82) is 0 Å². The van der Waals surface area contributed by atoms with Gasteiger partial charge < -0.3 is 9.73 Å². The molecule has 0 aliphatic carbocycles. The number of nitrogens with zero attached hydrogens (tertiary/aromatic N) is 1. The number of oxazole rings is 1. The van der Waals surface area contributed by atoms with Crippen molar-refractivity contribution in [3.8, 4) is 0 Å². The lowest BCUT2D eigenvalue weighted by Crippen LogP contribution is -1.98. The van der Waals surface area contributed by atoms with E-state index in [4.69, 9.17) is 27.6 Å². The fraction of sp³-hybridized carbons (Fsp3) is 0.0714. The summed E-state index contributed by atoms with van der Waals surface area (Å²) in [5, 5.41) is 4.25. The number of nitrogens with one attached hydrogen (secondary N) is 1. The normalized spacial score (nSPS) is 10.8. The first kappa shape index (κ1) is 12.3. The second kappa shape index (κ2) is 5.11. The summed E-state index contributed by atoms with van der Waals surface area (Å²) < 4.78 is 5.61. The van der Waals surface area contributed by atoms with Crippen molar-refractivity contribution in [3.05, 3.63) is 58.4 Å². The highest BCUT2D eigenvalue weighted by atomic mass is 35.5. The van der Waals surface area contributed by atoms with Gasteiger partial charge in [-0.05, 0) is 24.3 Å². The molecule has 96 valence electrons. The molecule has 1 heterocycles. The van der Waals surface area contributed by atoms with Crippen molar-refractivity contribution in [2.45, 2.75) is 6.54 Å². The van der Waals surface area contributed by atoms with Crippen LogP contribution < -0.4 is 5.32 Å². The van der Waals surface area contributed by atoms with Gasteiger partial charge in [-0.15, -0.1) is 0 Å². The number of hydrogen-bond acceptors (Lipinski definition) is 3. The summed E-state index contributed by atoms with van der Waals surface area (Å²) in [4.78, 5) is 4.35. The van der Waals surface area contributed by atoms with Crippen LogP contribution in [-0.4, -0.2) is 4.98 Å². The van der Waals surface area contributed by atoms with Gasteiger partial charge in [-0.2, -0.15) is 0 Å². The predicted octanol–water partition coefficient (Wildman–Crippen LogP) is 4.75. The molecule has 5 heteroatoms. The molecule has 0 fully saturated rings. The van der Waals surface area contributed by atoms with E-state index in [1.807, 2.05) is 30.3 Å². The maximum atomic E-state index is 6.05. The third-order valence-corrected chi connectivity index (χ3v) is 3.17. The van der Waals surface area contributed by atoms with Crippen molar-refractivity contribution < 1.29 is 4.42 Å². The molecule has 1 N–H and O–H groups in total. The highest BCUT2D eigenvalue weighted by Gasteiger charge is 2.10. The number of halogens is 2. The van der Waals surface area contributed by atoms with Gasteiger partial charge >= 0.3 is 0 Å². The fourth-order valence-corrected chi connectivity index (χ4v) is 2.34. The molecule has 0 unspecified atom stereocenters. The topological polar surface area (TPSA) is 38.1 Å². The first-order valence-corrected chi connectivity index (χ1v) is 6.51. The predicted molar refractivity (Wildman–Crippen MR) is 77.8 cm³/mol. The van der Waals surface area contributed by atoms with Crippen molar-refractivity contribution in [3.63, 3.8) is 0 Å². The Bertz CT molecular complexity index is 710. The highest BCUT2D eigenvalue weighted by molar-refractivity contribution is 6.37. The lowest BCUT2D eigenvalue weighted by molar-refractivity contribution is 0.540. The number of para-hydroxylation sites is 1. The number of anilines is 1. The minimum atomic E-state index is 0.473. The van der Waals surface area contributed by atoms with Crippen LogP contribution in [0, 0.1) is 0 Å². The number of benzene rings is 2. The molecule has 3 rings (SSSR count). The van der Waals surface area contributed by atoms with Crippen LogP contribution >= 0.6 is 23.2 Å². The highest BCUT2D eigenvalue weighted by Crippen LogP contribution is 2.28. The summed E-state index contributed by atoms with van der Waals surface area (Å²) in [6.45, 7) is 0.493. The first-order valence-electron chi connectivity index (χ1n) is 5.76. The smallest absolute Gasteiger partial charge is 0.214 e. The van der Waals surface area contributed by atoms with Gasteiger partial charge in [0.15, 0.2) is 5.58 Å². The quantitative estimate of drug-likeness (QED) is 0.757. The Labute approximate surface area is 120 Å². The van der Waals surface area contributed by atoms with Crippen LogP contribution in [0.1, 0.15) is 5.89 Å². The van der Waals surface area contributed by atoms with Gasteiger partial charge in [-0.3, -0.25) is 0 Å². The minimum absolute atomic E-state index is 0.473.